The fourth-order valence-electron chi connectivity index (χ4n) is 2.86. The fraction of sp³-hybridized carbons (Fsp3) is 0.300. The molecular weight excluding hydrogens is 446 g/mol. The number of hydrogen-bond acceptors (Lipinski definition) is 7. The first-order chi connectivity index (χ1) is 14.7. The van der Waals surface area contributed by atoms with E-state index in [0.29, 0.717) is 36.2 Å². The molecule has 1 amide bonds. The van der Waals surface area contributed by atoms with Crippen LogP contribution >= 0.6 is 11.6 Å². The second kappa shape index (κ2) is 9.44. The van der Waals surface area contributed by atoms with Gasteiger partial charge in [0.15, 0.2) is 11.5 Å². The quantitative estimate of drug-likeness (QED) is 0.495. The smallest absolute Gasteiger partial charge is 0.260 e. The molecule has 0 radical (unpaired) electrons. The van der Waals surface area contributed by atoms with E-state index in [9.17, 15) is 13.2 Å². The number of anilines is 1. The van der Waals surface area contributed by atoms with Gasteiger partial charge in [0.25, 0.3) is 5.91 Å². The van der Waals surface area contributed by atoms with Gasteiger partial charge in [-0.15, -0.1) is 0 Å². The van der Waals surface area contributed by atoms with E-state index in [1.807, 2.05) is 0 Å². The van der Waals surface area contributed by atoms with E-state index in [-0.39, 0.29) is 10.7 Å². The van der Waals surface area contributed by atoms with E-state index in [2.05, 4.69) is 10.5 Å². The van der Waals surface area contributed by atoms with E-state index in [4.69, 9.17) is 25.8 Å². The van der Waals surface area contributed by atoms with Crippen molar-refractivity contribution in [1.29, 1.82) is 0 Å². The van der Waals surface area contributed by atoms with Gasteiger partial charge in [0, 0.05) is 5.56 Å². The van der Waals surface area contributed by atoms with E-state index in [0.717, 1.165) is 16.1 Å². The predicted octanol–water partition coefficient (Wildman–Crippen LogP) is 2.43. The van der Waals surface area contributed by atoms with Crippen molar-refractivity contribution in [3.63, 3.8) is 0 Å². The Morgan fingerprint density at radius 3 is 2.55 bits per heavy atom. The number of nitrogens with zero attached hydrogens (tertiary/aromatic N) is 2. The Hall–Kier alpha value is -2.98. The van der Waals surface area contributed by atoms with Crippen molar-refractivity contribution in [2.75, 3.05) is 37.4 Å². The number of carbonyl (C=O) groups excluding carboxylic acids is 1. The highest BCUT2D eigenvalue weighted by molar-refractivity contribution is 7.92. The molecular formula is C20H22ClN3O6S. The Kier molecular flexibility index (Phi) is 6.91. The number of methoxy groups -OCH3 is 1. The highest BCUT2D eigenvalue weighted by Crippen LogP contribution is 2.31. The molecule has 1 aliphatic rings. The average molecular weight is 468 g/mol. The molecule has 0 saturated carbocycles. The van der Waals surface area contributed by atoms with E-state index >= 15 is 0 Å². The largest absolute Gasteiger partial charge is 0.495 e. The average Bonchev–Trinajstić information content (AvgIpc) is 2.74. The van der Waals surface area contributed by atoms with Gasteiger partial charge in [-0.25, -0.2) is 13.8 Å². The zero-order valence-corrected chi connectivity index (χ0v) is 18.8. The van der Waals surface area contributed by atoms with Gasteiger partial charge in [-0.05, 0) is 43.3 Å². The van der Waals surface area contributed by atoms with Crippen molar-refractivity contribution in [3.8, 4) is 17.2 Å². The van der Waals surface area contributed by atoms with Crippen LogP contribution in [-0.4, -0.2) is 53.2 Å². The molecule has 31 heavy (non-hydrogen) atoms. The van der Waals surface area contributed by atoms with Crippen LogP contribution in [-0.2, 0) is 14.8 Å². The van der Waals surface area contributed by atoms with Crippen LogP contribution in [0.3, 0.4) is 0 Å². The summed E-state index contributed by atoms with van der Waals surface area (Å²) in [5, 5.41) is 4.29. The van der Waals surface area contributed by atoms with Crippen molar-refractivity contribution < 1.29 is 27.4 Å². The number of hydrogen-bond donors (Lipinski definition) is 1. The topological polar surface area (TPSA) is 107 Å². The maximum atomic E-state index is 12.4. The number of nitrogens with one attached hydrogen (secondary N) is 1. The van der Waals surface area contributed by atoms with E-state index < -0.39 is 22.5 Å². The maximum Gasteiger partial charge on any atom is 0.260 e. The van der Waals surface area contributed by atoms with Gasteiger partial charge in [-0.3, -0.25) is 9.10 Å². The molecule has 0 bridgehead atoms. The van der Waals surface area contributed by atoms with Gasteiger partial charge in [0.2, 0.25) is 10.0 Å². The Bertz CT molecular complexity index is 1120. The van der Waals surface area contributed by atoms with E-state index in [1.165, 1.54) is 25.3 Å². The van der Waals surface area contributed by atoms with Crippen molar-refractivity contribution in [2.24, 2.45) is 5.10 Å². The number of amides is 1. The summed E-state index contributed by atoms with van der Waals surface area (Å²) in [6.45, 7) is 2.19. The molecule has 1 heterocycles. The Balaban J connectivity index is 1.73. The zero-order chi connectivity index (χ0) is 22.6. The Morgan fingerprint density at radius 1 is 1.19 bits per heavy atom. The van der Waals surface area contributed by atoms with Gasteiger partial charge in [-0.2, -0.15) is 5.10 Å². The number of hydrazone groups is 1. The van der Waals surface area contributed by atoms with Crippen LogP contribution in [0.4, 0.5) is 5.69 Å². The summed E-state index contributed by atoms with van der Waals surface area (Å²) in [6, 6.07) is 9.77. The van der Waals surface area contributed by atoms with Crippen molar-refractivity contribution in [1.82, 2.24) is 5.43 Å². The number of rotatable bonds is 7. The fourth-order valence-corrected chi connectivity index (χ4v) is 3.96. The minimum absolute atomic E-state index is 0.224. The molecule has 0 aliphatic carbocycles. The highest BCUT2D eigenvalue weighted by atomic mass is 35.5. The van der Waals surface area contributed by atoms with Crippen LogP contribution in [0, 0.1) is 0 Å². The number of sulfonamides is 1. The third-order valence-electron chi connectivity index (χ3n) is 4.42. The molecule has 0 fully saturated rings. The zero-order valence-electron chi connectivity index (χ0n) is 17.2. The number of fused-ring (bicyclic) bond motifs is 1. The molecule has 11 heteroatoms. The van der Waals surface area contributed by atoms with Gasteiger partial charge in [0.1, 0.15) is 25.5 Å². The third-order valence-corrected chi connectivity index (χ3v) is 5.86. The van der Waals surface area contributed by atoms with Gasteiger partial charge < -0.3 is 14.2 Å². The highest BCUT2D eigenvalue weighted by Gasteiger charge is 2.22. The van der Waals surface area contributed by atoms with Gasteiger partial charge >= 0.3 is 0 Å². The minimum Gasteiger partial charge on any atom is -0.495 e. The summed E-state index contributed by atoms with van der Waals surface area (Å²) in [7, 11) is -2.31. The molecule has 0 saturated heterocycles. The molecule has 2 aromatic carbocycles. The molecule has 0 aromatic heterocycles. The molecule has 2 aromatic rings. The molecule has 3 rings (SSSR count). The first kappa shape index (κ1) is 22.7. The first-order valence-electron chi connectivity index (χ1n) is 9.23. The van der Waals surface area contributed by atoms with Crippen molar-refractivity contribution in [2.45, 2.75) is 6.92 Å². The number of ether oxygens (including phenoxy) is 3. The lowest BCUT2D eigenvalue weighted by molar-refractivity contribution is -0.119. The van der Waals surface area contributed by atoms with Gasteiger partial charge in [0.05, 0.1) is 29.8 Å². The molecule has 0 unspecified atom stereocenters. The normalized spacial score (nSPS) is 13.5. The summed E-state index contributed by atoms with van der Waals surface area (Å²) in [4.78, 5) is 12.4. The Morgan fingerprint density at radius 2 is 1.90 bits per heavy atom. The second-order valence-corrected chi connectivity index (χ2v) is 8.99. The molecule has 9 nitrogen and oxygen atoms in total. The second-order valence-electron chi connectivity index (χ2n) is 6.68. The van der Waals surface area contributed by atoms with Crippen LogP contribution in [0.15, 0.2) is 41.5 Å². The molecule has 0 spiro atoms. The number of carbonyl (C=O) groups is 1. The summed E-state index contributed by atoms with van der Waals surface area (Å²) in [5.41, 5.74) is 3.86. The maximum absolute atomic E-state index is 12.4. The molecule has 166 valence electrons. The van der Waals surface area contributed by atoms with Crippen LogP contribution in [0.25, 0.3) is 0 Å². The van der Waals surface area contributed by atoms with Crippen LogP contribution < -0.4 is 23.9 Å². The van der Waals surface area contributed by atoms with Crippen LogP contribution in [0.2, 0.25) is 5.02 Å². The van der Waals surface area contributed by atoms with E-state index in [1.54, 1.807) is 25.1 Å². The SMILES string of the molecule is COc1ccc(N(CC(=O)N/N=C(/C)c2ccc3c(c2)OCCO3)S(C)(=O)=O)cc1Cl. The predicted molar refractivity (Wildman–Crippen MR) is 118 cm³/mol. The van der Waals surface area contributed by atoms with Gasteiger partial charge in [-0.1, -0.05) is 11.6 Å². The standard InChI is InChI=1S/C20H22ClN3O6S/c1-13(14-4-6-18-19(10-14)30-9-8-29-18)22-23-20(25)12-24(31(3,26)27)15-5-7-17(28-2)16(21)11-15/h4-7,10-11H,8-9,12H2,1-3H3,(H,23,25)/b22-13-. The third kappa shape index (κ3) is 5.59. The lowest BCUT2D eigenvalue weighted by Crippen LogP contribution is -2.39. The Labute approximate surface area is 185 Å². The molecule has 1 aliphatic heterocycles. The minimum atomic E-state index is -3.76. The summed E-state index contributed by atoms with van der Waals surface area (Å²) in [5.74, 6) is 1.02. The van der Waals surface area contributed by atoms with Crippen LogP contribution in [0.5, 0.6) is 17.2 Å². The monoisotopic (exact) mass is 467 g/mol. The summed E-state index contributed by atoms with van der Waals surface area (Å²) < 4.78 is 41.5. The van der Waals surface area contributed by atoms with Crippen LogP contribution in [0.1, 0.15) is 12.5 Å². The number of halogens is 1. The lowest BCUT2D eigenvalue weighted by Gasteiger charge is -2.22. The lowest BCUT2D eigenvalue weighted by atomic mass is 10.1. The summed E-state index contributed by atoms with van der Waals surface area (Å²) in [6.07, 6.45) is 1.00. The van der Waals surface area contributed by atoms with Crippen molar-refractivity contribution >= 4 is 38.9 Å². The summed E-state index contributed by atoms with van der Waals surface area (Å²) >= 11 is 6.09. The van der Waals surface area contributed by atoms with Crippen molar-refractivity contribution in [3.05, 3.63) is 47.0 Å². The first-order valence-corrected chi connectivity index (χ1v) is 11.5. The molecule has 1 N–H and O–H groups in total. The molecule has 0 atom stereocenters. The number of benzene rings is 2.